The Labute approximate surface area is 136 Å². The van der Waals surface area contributed by atoms with Crippen LogP contribution in [-0.2, 0) is 7.05 Å². The van der Waals surface area contributed by atoms with Crippen molar-refractivity contribution in [2.24, 2.45) is 7.05 Å². The van der Waals surface area contributed by atoms with Crippen LogP contribution in [0.15, 0.2) is 35.4 Å². The molecular formula is C16H22ClN3S. The molecule has 1 heterocycles. The molecule has 0 saturated heterocycles. The Kier molecular flexibility index (Phi) is 6.15. The van der Waals surface area contributed by atoms with E-state index in [0.717, 1.165) is 29.4 Å². The van der Waals surface area contributed by atoms with Crippen LogP contribution in [0.5, 0.6) is 0 Å². The first kappa shape index (κ1) is 16.4. The van der Waals surface area contributed by atoms with E-state index in [0.29, 0.717) is 0 Å². The van der Waals surface area contributed by atoms with Gasteiger partial charge in [-0.15, -0.1) is 11.8 Å². The standard InChI is InChI=1S/C16H22ClN3S/c1-4-9-18-14(16-13(17)10-19-20(16)3)11-21-15-8-6-5-7-12(15)2/h5-8,10,14,18H,4,9,11H2,1-3H3. The lowest BCUT2D eigenvalue weighted by atomic mass is 10.2. The quantitative estimate of drug-likeness (QED) is 0.774. The fourth-order valence-electron chi connectivity index (χ4n) is 2.26. The van der Waals surface area contributed by atoms with E-state index in [4.69, 9.17) is 11.6 Å². The molecule has 0 saturated carbocycles. The zero-order valence-electron chi connectivity index (χ0n) is 12.8. The van der Waals surface area contributed by atoms with Gasteiger partial charge >= 0.3 is 0 Å². The third-order valence-corrected chi connectivity index (χ3v) is 4.97. The maximum atomic E-state index is 6.30. The maximum Gasteiger partial charge on any atom is 0.0834 e. The summed E-state index contributed by atoms with van der Waals surface area (Å²) in [5.74, 6) is 0.935. The molecule has 114 valence electrons. The van der Waals surface area contributed by atoms with Crippen LogP contribution in [0.1, 0.15) is 30.6 Å². The lowest BCUT2D eigenvalue weighted by molar-refractivity contribution is 0.535. The topological polar surface area (TPSA) is 29.9 Å². The lowest BCUT2D eigenvalue weighted by Crippen LogP contribution is -2.26. The van der Waals surface area contributed by atoms with Crippen LogP contribution in [0.4, 0.5) is 0 Å². The average molecular weight is 324 g/mol. The minimum atomic E-state index is 0.203. The van der Waals surface area contributed by atoms with Crippen LogP contribution >= 0.6 is 23.4 Å². The summed E-state index contributed by atoms with van der Waals surface area (Å²) in [6.07, 6.45) is 2.82. The molecule has 0 spiro atoms. The molecule has 0 aliphatic rings. The molecule has 1 unspecified atom stereocenters. The van der Waals surface area contributed by atoms with E-state index < -0.39 is 0 Å². The molecule has 3 nitrogen and oxygen atoms in total. The number of benzene rings is 1. The Bertz CT molecular complexity index is 563. The first-order chi connectivity index (χ1) is 10.1. The first-order valence-corrected chi connectivity index (χ1v) is 8.59. The molecule has 2 rings (SSSR count). The highest BCUT2D eigenvalue weighted by Crippen LogP contribution is 2.30. The van der Waals surface area contributed by atoms with E-state index in [9.17, 15) is 0 Å². The van der Waals surface area contributed by atoms with Crippen LogP contribution in [0.3, 0.4) is 0 Å². The second-order valence-electron chi connectivity index (χ2n) is 5.08. The van der Waals surface area contributed by atoms with Crippen molar-refractivity contribution in [1.82, 2.24) is 15.1 Å². The number of rotatable bonds is 7. The van der Waals surface area contributed by atoms with Crippen molar-refractivity contribution in [2.75, 3.05) is 12.3 Å². The van der Waals surface area contributed by atoms with Gasteiger partial charge in [0.1, 0.15) is 0 Å². The predicted octanol–water partition coefficient (Wildman–Crippen LogP) is 4.21. The minimum absolute atomic E-state index is 0.203. The summed E-state index contributed by atoms with van der Waals surface area (Å²) < 4.78 is 1.87. The third-order valence-electron chi connectivity index (χ3n) is 3.41. The molecule has 2 aromatic rings. The van der Waals surface area contributed by atoms with Crippen LogP contribution in [0.2, 0.25) is 5.02 Å². The molecule has 0 aliphatic carbocycles. The monoisotopic (exact) mass is 323 g/mol. The van der Waals surface area contributed by atoms with Crippen LogP contribution in [0, 0.1) is 6.92 Å². The van der Waals surface area contributed by atoms with E-state index in [1.165, 1.54) is 10.5 Å². The number of aryl methyl sites for hydroxylation is 2. The summed E-state index contributed by atoms with van der Waals surface area (Å²) in [6, 6.07) is 8.68. The number of nitrogens with one attached hydrogen (secondary N) is 1. The number of aromatic nitrogens is 2. The van der Waals surface area contributed by atoms with Crippen LogP contribution in [-0.4, -0.2) is 22.1 Å². The highest BCUT2D eigenvalue weighted by atomic mass is 35.5. The maximum absolute atomic E-state index is 6.30. The summed E-state index contributed by atoms with van der Waals surface area (Å²) in [7, 11) is 1.94. The summed E-state index contributed by atoms with van der Waals surface area (Å²) in [5.41, 5.74) is 2.37. The molecule has 21 heavy (non-hydrogen) atoms. The molecular weight excluding hydrogens is 302 g/mol. The first-order valence-electron chi connectivity index (χ1n) is 7.22. The molecule has 0 amide bonds. The Balaban J connectivity index is 2.12. The zero-order valence-corrected chi connectivity index (χ0v) is 14.3. The molecule has 5 heteroatoms. The fraction of sp³-hybridized carbons (Fsp3) is 0.438. The van der Waals surface area contributed by atoms with Gasteiger partial charge in [-0.2, -0.15) is 5.10 Å². The molecule has 0 radical (unpaired) electrons. The van der Waals surface area contributed by atoms with Crippen molar-refractivity contribution in [1.29, 1.82) is 0 Å². The summed E-state index contributed by atoms with van der Waals surface area (Å²) >= 11 is 8.16. The number of hydrogen-bond acceptors (Lipinski definition) is 3. The van der Waals surface area contributed by atoms with Gasteiger partial charge in [0.15, 0.2) is 0 Å². The van der Waals surface area contributed by atoms with Crippen LogP contribution in [0.25, 0.3) is 0 Å². The van der Waals surface area contributed by atoms with E-state index >= 15 is 0 Å². The van der Waals surface area contributed by atoms with Gasteiger partial charge in [-0.25, -0.2) is 0 Å². The summed E-state index contributed by atoms with van der Waals surface area (Å²) in [5, 5.41) is 8.56. The summed E-state index contributed by atoms with van der Waals surface area (Å²) in [4.78, 5) is 1.32. The number of thioether (sulfide) groups is 1. The normalized spacial score (nSPS) is 12.6. The predicted molar refractivity (Wildman–Crippen MR) is 91.2 cm³/mol. The second kappa shape index (κ2) is 7.87. The van der Waals surface area contributed by atoms with Crippen molar-refractivity contribution < 1.29 is 0 Å². The van der Waals surface area contributed by atoms with E-state index in [-0.39, 0.29) is 6.04 Å². The van der Waals surface area contributed by atoms with E-state index in [1.807, 2.05) is 23.5 Å². The second-order valence-corrected chi connectivity index (χ2v) is 6.55. The Morgan fingerprint density at radius 2 is 2.14 bits per heavy atom. The molecule has 1 atom stereocenters. The van der Waals surface area contributed by atoms with Gasteiger partial charge in [0.25, 0.3) is 0 Å². The van der Waals surface area contributed by atoms with Gasteiger partial charge < -0.3 is 5.32 Å². The highest BCUT2D eigenvalue weighted by Gasteiger charge is 2.19. The van der Waals surface area contributed by atoms with Crippen molar-refractivity contribution in [2.45, 2.75) is 31.2 Å². The largest absolute Gasteiger partial charge is 0.308 e. The Hall–Kier alpha value is -0.970. The lowest BCUT2D eigenvalue weighted by Gasteiger charge is -2.19. The number of nitrogens with zero attached hydrogens (tertiary/aromatic N) is 2. The van der Waals surface area contributed by atoms with Gasteiger partial charge in [0.2, 0.25) is 0 Å². The molecule has 0 aliphatic heterocycles. The molecule has 0 bridgehead atoms. The van der Waals surface area contributed by atoms with Crippen molar-refractivity contribution in [3.63, 3.8) is 0 Å². The van der Waals surface area contributed by atoms with E-state index in [2.05, 4.69) is 48.5 Å². The Morgan fingerprint density at radius 3 is 2.76 bits per heavy atom. The highest BCUT2D eigenvalue weighted by molar-refractivity contribution is 7.99. The van der Waals surface area contributed by atoms with Crippen molar-refractivity contribution in [3.05, 3.63) is 46.7 Å². The SMILES string of the molecule is CCCNC(CSc1ccccc1C)c1c(Cl)cnn1C. The van der Waals surface area contributed by atoms with Gasteiger partial charge in [-0.3, -0.25) is 4.68 Å². The number of halogens is 1. The van der Waals surface area contributed by atoms with Gasteiger partial charge in [0.05, 0.1) is 23.0 Å². The smallest absolute Gasteiger partial charge is 0.0834 e. The third kappa shape index (κ3) is 4.25. The molecule has 0 fully saturated rings. The average Bonchev–Trinajstić information content (AvgIpc) is 2.81. The van der Waals surface area contributed by atoms with Gasteiger partial charge in [0, 0.05) is 17.7 Å². The van der Waals surface area contributed by atoms with Crippen molar-refractivity contribution >= 4 is 23.4 Å². The minimum Gasteiger partial charge on any atom is -0.308 e. The number of hydrogen-bond donors (Lipinski definition) is 1. The zero-order chi connectivity index (χ0) is 15.2. The van der Waals surface area contributed by atoms with Gasteiger partial charge in [-0.1, -0.05) is 36.7 Å². The van der Waals surface area contributed by atoms with Crippen LogP contribution < -0.4 is 5.32 Å². The van der Waals surface area contributed by atoms with E-state index in [1.54, 1.807) is 6.20 Å². The molecule has 1 aromatic heterocycles. The van der Waals surface area contributed by atoms with Gasteiger partial charge in [-0.05, 0) is 31.5 Å². The fourth-order valence-corrected chi connectivity index (χ4v) is 3.65. The molecule has 1 N–H and O–H groups in total. The summed E-state index contributed by atoms with van der Waals surface area (Å²) in [6.45, 7) is 5.29. The molecule has 1 aromatic carbocycles. The Morgan fingerprint density at radius 1 is 1.38 bits per heavy atom. The van der Waals surface area contributed by atoms with Crippen molar-refractivity contribution in [3.8, 4) is 0 Å².